The van der Waals surface area contributed by atoms with Gasteiger partial charge in [-0.25, -0.2) is 0 Å². The molecule has 0 radical (unpaired) electrons. The standard InChI is InChI=1S/C68H131NO5/c1-3-5-7-9-11-13-15-17-19-29-34-38-42-46-50-54-58-62-68(73)74-63-59-55-51-47-43-39-35-31-28-26-24-22-20-21-23-25-27-30-33-37-41-45-49-53-57-61-67(72)69-65(64-70)66(71)60-56-52-48-44-40-36-32-18-16-14-12-10-8-6-4-2/h17,19,21,23,65-66,70-71H,3-16,18,20,22,24-64H2,1-2H3,(H,69,72)/b19-17-,23-21-. The molecule has 0 rings (SSSR count). The van der Waals surface area contributed by atoms with Gasteiger partial charge in [-0.3, -0.25) is 9.59 Å². The van der Waals surface area contributed by atoms with Crippen molar-refractivity contribution in [2.45, 2.75) is 386 Å². The van der Waals surface area contributed by atoms with Gasteiger partial charge in [-0.1, -0.05) is 308 Å². The van der Waals surface area contributed by atoms with E-state index in [0.29, 0.717) is 25.9 Å². The van der Waals surface area contributed by atoms with E-state index in [1.165, 1.54) is 295 Å². The van der Waals surface area contributed by atoms with Gasteiger partial charge in [-0.05, 0) is 77.0 Å². The van der Waals surface area contributed by atoms with E-state index in [0.717, 1.165) is 44.9 Å². The van der Waals surface area contributed by atoms with E-state index in [1.54, 1.807) is 0 Å². The predicted molar refractivity (Wildman–Crippen MR) is 324 cm³/mol. The van der Waals surface area contributed by atoms with Gasteiger partial charge in [-0.2, -0.15) is 0 Å². The number of carbonyl (C=O) groups is 2. The van der Waals surface area contributed by atoms with E-state index in [1.807, 2.05) is 0 Å². The van der Waals surface area contributed by atoms with Crippen molar-refractivity contribution >= 4 is 11.9 Å². The van der Waals surface area contributed by atoms with Crippen LogP contribution in [0.25, 0.3) is 0 Å². The van der Waals surface area contributed by atoms with E-state index >= 15 is 0 Å². The third-order valence-corrected chi connectivity index (χ3v) is 15.7. The molecule has 74 heavy (non-hydrogen) atoms. The molecule has 0 aromatic heterocycles. The number of nitrogens with one attached hydrogen (secondary N) is 1. The maximum atomic E-state index is 12.5. The third-order valence-electron chi connectivity index (χ3n) is 15.7. The van der Waals surface area contributed by atoms with Crippen LogP contribution in [-0.4, -0.2) is 47.4 Å². The Morgan fingerprint density at radius 2 is 0.635 bits per heavy atom. The number of unbranched alkanes of at least 4 members (excludes halogenated alkanes) is 48. The highest BCUT2D eigenvalue weighted by Crippen LogP contribution is 2.18. The van der Waals surface area contributed by atoms with Crippen LogP contribution < -0.4 is 5.32 Å². The molecule has 0 fully saturated rings. The first-order valence-electron chi connectivity index (χ1n) is 33.6. The lowest BCUT2D eigenvalue weighted by Gasteiger charge is -2.22. The molecular weight excluding hydrogens is 911 g/mol. The van der Waals surface area contributed by atoms with Gasteiger partial charge in [0.1, 0.15) is 0 Å². The highest BCUT2D eigenvalue weighted by molar-refractivity contribution is 5.76. The zero-order valence-corrected chi connectivity index (χ0v) is 50.1. The van der Waals surface area contributed by atoms with Crippen molar-refractivity contribution in [2.24, 2.45) is 0 Å². The molecule has 0 aliphatic rings. The fourth-order valence-electron chi connectivity index (χ4n) is 10.6. The molecule has 0 saturated carbocycles. The largest absolute Gasteiger partial charge is 0.466 e. The van der Waals surface area contributed by atoms with Gasteiger partial charge in [0.25, 0.3) is 0 Å². The van der Waals surface area contributed by atoms with Crippen LogP contribution in [0, 0.1) is 0 Å². The maximum absolute atomic E-state index is 12.5. The number of esters is 1. The van der Waals surface area contributed by atoms with E-state index in [4.69, 9.17) is 4.74 Å². The van der Waals surface area contributed by atoms with Crippen molar-refractivity contribution in [3.8, 4) is 0 Å². The smallest absolute Gasteiger partial charge is 0.305 e. The molecule has 0 saturated heterocycles. The minimum atomic E-state index is -0.666. The Kier molecular flexibility index (Phi) is 62.4. The first kappa shape index (κ1) is 72.3. The number of carbonyl (C=O) groups excluding carboxylic acids is 2. The fourth-order valence-corrected chi connectivity index (χ4v) is 10.6. The molecule has 6 heteroatoms. The first-order chi connectivity index (χ1) is 36.5. The maximum Gasteiger partial charge on any atom is 0.305 e. The van der Waals surface area contributed by atoms with Crippen LogP contribution in [0.15, 0.2) is 24.3 Å². The van der Waals surface area contributed by atoms with Crippen LogP contribution in [0.2, 0.25) is 0 Å². The van der Waals surface area contributed by atoms with Crippen molar-refractivity contribution in [2.75, 3.05) is 13.2 Å². The molecule has 0 bridgehead atoms. The monoisotopic (exact) mass is 1040 g/mol. The minimum Gasteiger partial charge on any atom is -0.466 e. The van der Waals surface area contributed by atoms with E-state index in [2.05, 4.69) is 43.5 Å². The summed E-state index contributed by atoms with van der Waals surface area (Å²) in [6, 6.07) is -0.543. The second kappa shape index (κ2) is 63.9. The van der Waals surface area contributed by atoms with Gasteiger partial charge >= 0.3 is 5.97 Å². The number of aliphatic hydroxyl groups is 2. The summed E-state index contributed by atoms with van der Waals surface area (Å²) in [4.78, 5) is 24.6. The van der Waals surface area contributed by atoms with Crippen LogP contribution in [0.1, 0.15) is 373 Å². The zero-order valence-electron chi connectivity index (χ0n) is 50.1. The van der Waals surface area contributed by atoms with Crippen LogP contribution in [-0.2, 0) is 14.3 Å². The molecule has 6 nitrogen and oxygen atoms in total. The summed E-state index contributed by atoms with van der Waals surface area (Å²) < 4.78 is 5.50. The summed E-state index contributed by atoms with van der Waals surface area (Å²) in [6.45, 7) is 4.97. The van der Waals surface area contributed by atoms with E-state index < -0.39 is 12.1 Å². The van der Waals surface area contributed by atoms with Gasteiger partial charge in [-0.15, -0.1) is 0 Å². The molecule has 0 heterocycles. The summed E-state index contributed by atoms with van der Waals surface area (Å²) in [5, 5.41) is 23.3. The quantitative estimate of drug-likeness (QED) is 0.0320. The normalized spacial score (nSPS) is 12.6. The summed E-state index contributed by atoms with van der Waals surface area (Å²) in [7, 11) is 0. The molecule has 0 spiro atoms. The number of ether oxygens (including phenoxy) is 1. The Morgan fingerprint density at radius 3 is 0.959 bits per heavy atom. The van der Waals surface area contributed by atoms with Crippen LogP contribution >= 0.6 is 0 Å². The Balaban J connectivity index is 3.38. The Morgan fingerprint density at radius 1 is 0.365 bits per heavy atom. The molecule has 0 aromatic rings. The second-order valence-electron chi connectivity index (χ2n) is 23.1. The Labute approximate surface area is 462 Å². The van der Waals surface area contributed by atoms with Gasteiger partial charge in [0.2, 0.25) is 5.91 Å². The summed E-state index contributed by atoms with van der Waals surface area (Å²) in [5.41, 5.74) is 0. The topological polar surface area (TPSA) is 95.9 Å². The third kappa shape index (κ3) is 59.6. The van der Waals surface area contributed by atoms with E-state index in [9.17, 15) is 19.8 Å². The molecule has 2 unspecified atom stereocenters. The van der Waals surface area contributed by atoms with Gasteiger partial charge in [0.05, 0.1) is 25.4 Å². The molecule has 0 aromatic carbocycles. The Bertz CT molecular complexity index is 1150. The summed E-state index contributed by atoms with van der Waals surface area (Å²) >= 11 is 0. The number of allylic oxidation sites excluding steroid dienone is 4. The lowest BCUT2D eigenvalue weighted by Crippen LogP contribution is -2.45. The van der Waals surface area contributed by atoms with E-state index in [-0.39, 0.29) is 18.5 Å². The number of rotatable bonds is 63. The van der Waals surface area contributed by atoms with Crippen molar-refractivity contribution < 1.29 is 24.5 Å². The van der Waals surface area contributed by atoms with Gasteiger partial charge in [0, 0.05) is 12.8 Å². The zero-order chi connectivity index (χ0) is 53.6. The van der Waals surface area contributed by atoms with Crippen LogP contribution in [0.5, 0.6) is 0 Å². The molecule has 3 N–H and O–H groups in total. The van der Waals surface area contributed by atoms with Crippen LogP contribution in [0.3, 0.4) is 0 Å². The summed E-state index contributed by atoms with van der Waals surface area (Å²) in [6.07, 6.45) is 79.2. The van der Waals surface area contributed by atoms with Crippen molar-refractivity contribution in [3.05, 3.63) is 24.3 Å². The summed E-state index contributed by atoms with van der Waals surface area (Å²) in [5.74, 6) is -0.0249. The molecule has 2 atom stereocenters. The lowest BCUT2D eigenvalue weighted by atomic mass is 10.0. The number of hydrogen-bond donors (Lipinski definition) is 3. The number of hydrogen-bond acceptors (Lipinski definition) is 5. The first-order valence-corrected chi connectivity index (χ1v) is 33.6. The van der Waals surface area contributed by atoms with Crippen molar-refractivity contribution in [1.82, 2.24) is 5.32 Å². The predicted octanol–water partition coefficient (Wildman–Crippen LogP) is 21.4. The SMILES string of the molecule is CCCCCCCC/C=C\CCCCCCCCCC(=O)OCCCCCCCCCCCCCC/C=C\CCCCCCCCCCCC(=O)NC(CO)C(O)CCCCCCCCCCCCCCCCC. The number of aliphatic hydroxyl groups excluding tert-OH is 2. The lowest BCUT2D eigenvalue weighted by molar-refractivity contribution is -0.143. The highest BCUT2D eigenvalue weighted by Gasteiger charge is 2.20. The van der Waals surface area contributed by atoms with Crippen LogP contribution in [0.4, 0.5) is 0 Å². The molecule has 1 amide bonds. The average Bonchev–Trinajstić information content (AvgIpc) is 3.40. The number of amides is 1. The molecule has 0 aliphatic carbocycles. The average molecular weight is 1040 g/mol. The minimum absolute atomic E-state index is 0.0108. The highest BCUT2D eigenvalue weighted by atomic mass is 16.5. The molecular formula is C68H131NO5. The fraction of sp³-hybridized carbons (Fsp3) is 0.912. The second-order valence-corrected chi connectivity index (χ2v) is 23.1. The molecule has 0 aliphatic heterocycles. The van der Waals surface area contributed by atoms with Crippen molar-refractivity contribution in [1.29, 1.82) is 0 Å². The van der Waals surface area contributed by atoms with Gasteiger partial charge < -0.3 is 20.3 Å². The van der Waals surface area contributed by atoms with Gasteiger partial charge in [0.15, 0.2) is 0 Å². The molecule has 438 valence electrons. The Hall–Kier alpha value is -1.66. The van der Waals surface area contributed by atoms with Crippen molar-refractivity contribution in [3.63, 3.8) is 0 Å².